The lowest BCUT2D eigenvalue weighted by atomic mass is 10.0. The predicted octanol–water partition coefficient (Wildman–Crippen LogP) is 1.74. The molecule has 0 saturated carbocycles. The monoisotopic (exact) mass is 362 g/mol. The Bertz CT molecular complexity index is 756. The van der Waals surface area contributed by atoms with Crippen LogP contribution < -0.4 is 5.32 Å². The van der Waals surface area contributed by atoms with Gasteiger partial charge in [-0.3, -0.25) is 14.3 Å². The van der Waals surface area contributed by atoms with Crippen LogP contribution >= 0.6 is 11.6 Å². The molecule has 2 aromatic rings. The molecule has 0 saturated heterocycles. The van der Waals surface area contributed by atoms with Crippen LogP contribution in [0.4, 0.5) is 0 Å². The van der Waals surface area contributed by atoms with Crippen LogP contribution in [0.3, 0.4) is 0 Å². The van der Waals surface area contributed by atoms with E-state index in [9.17, 15) is 9.59 Å². The van der Waals surface area contributed by atoms with Gasteiger partial charge in [0.05, 0.1) is 12.1 Å². The number of carbonyl (C=O) groups excluding carboxylic acids is 2. The van der Waals surface area contributed by atoms with Crippen molar-refractivity contribution in [2.45, 2.75) is 25.8 Å². The van der Waals surface area contributed by atoms with Crippen molar-refractivity contribution >= 4 is 23.4 Å². The lowest BCUT2D eigenvalue weighted by Crippen LogP contribution is -2.48. The van der Waals surface area contributed by atoms with Crippen LogP contribution in [-0.2, 0) is 29.5 Å². The quantitative estimate of drug-likeness (QED) is 0.851. The fourth-order valence-electron chi connectivity index (χ4n) is 2.64. The van der Waals surface area contributed by atoms with Gasteiger partial charge in [0.15, 0.2) is 0 Å². The van der Waals surface area contributed by atoms with Crippen molar-refractivity contribution < 1.29 is 9.59 Å². The second kappa shape index (κ2) is 8.16. The van der Waals surface area contributed by atoms with Crippen LogP contribution in [-0.4, -0.2) is 46.6 Å². The molecule has 7 heteroatoms. The molecule has 25 heavy (non-hydrogen) atoms. The molecule has 0 fully saturated rings. The SMILES string of the molecule is Cc1nn(C)c(Cl)c1CC(=O)N[C@H](Cc1ccccc1)C(=O)N(C)C. The highest BCUT2D eigenvalue weighted by Crippen LogP contribution is 2.19. The molecule has 0 unspecified atom stereocenters. The van der Waals surface area contributed by atoms with Crippen LogP contribution in [0.25, 0.3) is 0 Å². The molecule has 1 N–H and O–H groups in total. The van der Waals surface area contributed by atoms with Crippen LogP contribution in [0, 0.1) is 6.92 Å². The molecule has 0 aliphatic carbocycles. The maximum atomic E-state index is 12.5. The van der Waals surface area contributed by atoms with E-state index in [1.165, 1.54) is 9.58 Å². The number of aryl methyl sites for hydroxylation is 2. The van der Waals surface area contributed by atoms with Gasteiger partial charge < -0.3 is 10.2 Å². The Morgan fingerprint density at radius 2 is 1.92 bits per heavy atom. The van der Waals surface area contributed by atoms with Crippen molar-refractivity contribution in [3.05, 3.63) is 52.3 Å². The van der Waals surface area contributed by atoms with E-state index < -0.39 is 6.04 Å². The summed E-state index contributed by atoms with van der Waals surface area (Å²) >= 11 is 6.18. The van der Waals surface area contributed by atoms with E-state index in [0.717, 1.165) is 5.56 Å². The summed E-state index contributed by atoms with van der Waals surface area (Å²) in [6, 6.07) is 8.98. The molecule has 0 radical (unpaired) electrons. The summed E-state index contributed by atoms with van der Waals surface area (Å²) in [5.74, 6) is -0.402. The summed E-state index contributed by atoms with van der Waals surface area (Å²) in [7, 11) is 5.08. The Morgan fingerprint density at radius 1 is 1.28 bits per heavy atom. The fraction of sp³-hybridized carbons (Fsp3) is 0.389. The van der Waals surface area contributed by atoms with Gasteiger partial charge in [-0.15, -0.1) is 0 Å². The van der Waals surface area contributed by atoms with Gasteiger partial charge in [-0.05, 0) is 12.5 Å². The minimum Gasteiger partial charge on any atom is -0.347 e. The van der Waals surface area contributed by atoms with Gasteiger partial charge in [0.1, 0.15) is 11.2 Å². The zero-order valence-electron chi connectivity index (χ0n) is 14.9. The highest BCUT2D eigenvalue weighted by Gasteiger charge is 2.24. The van der Waals surface area contributed by atoms with Crippen molar-refractivity contribution in [1.29, 1.82) is 0 Å². The number of benzene rings is 1. The average Bonchev–Trinajstić information content (AvgIpc) is 2.80. The number of carbonyl (C=O) groups is 2. The highest BCUT2D eigenvalue weighted by molar-refractivity contribution is 6.30. The molecule has 0 aliphatic heterocycles. The minimum absolute atomic E-state index is 0.0878. The first-order valence-electron chi connectivity index (χ1n) is 8.02. The number of halogens is 1. The smallest absolute Gasteiger partial charge is 0.244 e. The Labute approximate surface area is 152 Å². The predicted molar refractivity (Wildman–Crippen MR) is 97.4 cm³/mol. The molecular formula is C18H23ClN4O2. The number of nitrogens with one attached hydrogen (secondary N) is 1. The van der Waals surface area contributed by atoms with E-state index in [2.05, 4.69) is 10.4 Å². The third-order valence-corrected chi connectivity index (χ3v) is 4.44. The summed E-state index contributed by atoms with van der Waals surface area (Å²) < 4.78 is 1.53. The van der Waals surface area contributed by atoms with E-state index in [1.807, 2.05) is 30.3 Å². The molecule has 1 heterocycles. The van der Waals surface area contributed by atoms with E-state index >= 15 is 0 Å². The second-order valence-corrected chi connectivity index (χ2v) is 6.56. The molecule has 1 aromatic heterocycles. The van der Waals surface area contributed by atoms with Crippen molar-refractivity contribution in [1.82, 2.24) is 20.0 Å². The van der Waals surface area contributed by atoms with Gasteiger partial charge in [0.2, 0.25) is 11.8 Å². The number of amides is 2. The zero-order chi connectivity index (χ0) is 18.6. The van der Waals surface area contributed by atoms with Crippen LogP contribution in [0.1, 0.15) is 16.8 Å². The molecular weight excluding hydrogens is 340 g/mol. The minimum atomic E-state index is -0.624. The summed E-state index contributed by atoms with van der Waals surface area (Å²) in [6.07, 6.45) is 0.522. The Morgan fingerprint density at radius 3 is 2.44 bits per heavy atom. The number of hydrogen-bond donors (Lipinski definition) is 1. The van der Waals surface area contributed by atoms with Gasteiger partial charge in [0.25, 0.3) is 0 Å². The number of aromatic nitrogens is 2. The van der Waals surface area contributed by atoms with Gasteiger partial charge in [-0.1, -0.05) is 41.9 Å². The molecule has 6 nitrogen and oxygen atoms in total. The first-order chi connectivity index (χ1) is 11.8. The highest BCUT2D eigenvalue weighted by atomic mass is 35.5. The van der Waals surface area contributed by atoms with Crippen molar-refractivity contribution in [2.75, 3.05) is 14.1 Å². The Kier molecular flexibility index (Phi) is 6.20. The maximum absolute atomic E-state index is 12.5. The Hall–Kier alpha value is -2.34. The number of rotatable bonds is 6. The number of nitrogens with zero attached hydrogens (tertiary/aromatic N) is 3. The van der Waals surface area contributed by atoms with Crippen molar-refractivity contribution in [2.24, 2.45) is 7.05 Å². The lowest BCUT2D eigenvalue weighted by Gasteiger charge is -2.22. The zero-order valence-corrected chi connectivity index (χ0v) is 15.7. The molecule has 0 aliphatic rings. The fourth-order valence-corrected chi connectivity index (χ4v) is 2.88. The number of hydrogen-bond acceptors (Lipinski definition) is 3. The third kappa shape index (κ3) is 4.82. The molecule has 2 rings (SSSR count). The largest absolute Gasteiger partial charge is 0.347 e. The van der Waals surface area contributed by atoms with Crippen LogP contribution in [0.15, 0.2) is 30.3 Å². The van der Waals surface area contributed by atoms with Crippen LogP contribution in [0.5, 0.6) is 0 Å². The number of likely N-dealkylation sites (N-methyl/N-ethyl adjacent to an activating group) is 1. The van der Waals surface area contributed by atoms with E-state index in [4.69, 9.17) is 11.6 Å². The van der Waals surface area contributed by atoms with E-state index in [-0.39, 0.29) is 18.2 Å². The third-order valence-electron chi connectivity index (χ3n) is 3.96. The lowest BCUT2D eigenvalue weighted by molar-refractivity contribution is -0.134. The summed E-state index contributed by atoms with van der Waals surface area (Å²) in [5.41, 5.74) is 2.37. The standard InChI is InChI=1S/C18H23ClN4O2/c1-12-14(17(19)23(4)21-12)11-16(24)20-15(18(25)22(2)3)10-13-8-6-5-7-9-13/h5-9,15H,10-11H2,1-4H3,(H,20,24)/t15-/m1/s1. The molecule has 1 aromatic carbocycles. The topological polar surface area (TPSA) is 67.2 Å². The van der Waals surface area contributed by atoms with Crippen LogP contribution in [0.2, 0.25) is 5.15 Å². The van der Waals surface area contributed by atoms with Crippen molar-refractivity contribution in [3.8, 4) is 0 Å². The van der Waals surface area contributed by atoms with Gasteiger partial charge in [0, 0.05) is 33.1 Å². The first-order valence-corrected chi connectivity index (χ1v) is 8.39. The summed E-state index contributed by atoms with van der Waals surface area (Å²) in [6.45, 7) is 1.81. The van der Waals surface area contributed by atoms with Gasteiger partial charge in [-0.2, -0.15) is 5.10 Å². The molecule has 0 bridgehead atoms. The maximum Gasteiger partial charge on any atom is 0.244 e. The normalized spacial score (nSPS) is 11.9. The second-order valence-electron chi connectivity index (χ2n) is 6.20. The van der Waals surface area contributed by atoms with E-state index in [1.54, 1.807) is 28.1 Å². The summed E-state index contributed by atoms with van der Waals surface area (Å²) in [4.78, 5) is 26.4. The Balaban J connectivity index is 2.12. The molecule has 134 valence electrons. The average molecular weight is 363 g/mol. The molecule has 0 spiro atoms. The molecule has 1 atom stereocenters. The molecule has 2 amide bonds. The van der Waals surface area contributed by atoms with Crippen molar-refractivity contribution in [3.63, 3.8) is 0 Å². The summed E-state index contributed by atoms with van der Waals surface area (Å²) in [5, 5.41) is 7.47. The van der Waals surface area contributed by atoms with Gasteiger partial charge in [-0.25, -0.2) is 0 Å². The first kappa shape index (κ1) is 19.0. The van der Waals surface area contributed by atoms with E-state index in [0.29, 0.717) is 22.8 Å². The van der Waals surface area contributed by atoms with Gasteiger partial charge >= 0.3 is 0 Å².